The summed E-state index contributed by atoms with van der Waals surface area (Å²) in [6.07, 6.45) is 1.50. The van der Waals surface area contributed by atoms with Crippen LogP contribution in [0, 0.1) is 0 Å². The van der Waals surface area contributed by atoms with Crippen LogP contribution in [0.2, 0.25) is 5.02 Å². The van der Waals surface area contributed by atoms with E-state index in [4.69, 9.17) is 16.0 Å². The molecule has 0 aromatic carbocycles. The van der Waals surface area contributed by atoms with E-state index in [1.807, 2.05) is 7.05 Å². The van der Waals surface area contributed by atoms with Gasteiger partial charge in [-0.1, -0.05) is 11.6 Å². The smallest absolute Gasteiger partial charge is 0.186 e. The summed E-state index contributed by atoms with van der Waals surface area (Å²) in [5.41, 5.74) is 0.970. The fraction of sp³-hybridized carbons (Fsp3) is 0.444. The third kappa shape index (κ3) is 1.38. The van der Waals surface area contributed by atoms with Gasteiger partial charge >= 0.3 is 0 Å². The molecule has 0 fully saturated rings. The Labute approximate surface area is 81.3 Å². The van der Waals surface area contributed by atoms with E-state index in [9.17, 15) is 4.79 Å². The molecule has 2 rings (SSSR count). The Morgan fingerprint density at radius 3 is 3.08 bits per heavy atom. The van der Waals surface area contributed by atoms with Gasteiger partial charge in [-0.05, 0) is 7.05 Å². The molecule has 1 aromatic heterocycles. The lowest BCUT2D eigenvalue weighted by atomic mass is 10.1. The molecule has 0 atom stereocenters. The van der Waals surface area contributed by atoms with Gasteiger partial charge in [-0.15, -0.1) is 0 Å². The first-order valence-corrected chi connectivity index (χ1v) is 4.54. The van der Waals surface area contributed by atoms with Crippen LogP contribution in [0.4, 0.5) is 0 Å². The summed E-state index contributed by atoms with van der Waals surface area (Å²) < 4.78 is 5.31. The molecule has 4 heteroatoms. The molecule has 0 saturated carbocycles. The van der Waals surface area contributed by atoms with E-state index >= 15 is 0 Å². The quantitative estimate of drug-likeness (QED) is 0.646. The molecule has 0 aliphatic carbocycles. The molecular formula is C9H10ClNO2. The van der Waals surface area contributed by atoms with E-state index in [1.165, 1.54) is 0 Å². The van der Waals surface area contributed by atoms with Gasteiger partial charge in [-0.25, -0.2) is 0 Å². The van der Waals surface area contributed by atoms with Crippen LogP contribution in [0.5, 0.6) is 0 Å². The zero-order valence-electron chi connectivity index (χ0n) is 7.34. The van der Waals surface area contributed by atoms with Gasteiger partial charge in [0.15, 0.2) is 12.0 Å². The van der Waals surface area contributed by atoms with Gasteiger partial charge in [0.25, 0.3) is 0 Å². The average Bonchev–Trinajstić information content (AvgIpc) is 2.44. The Kier molecular flexibility index (Phi) is 2.14. The summed E-state index contributed by atoms with van der Waals surface area (Å²) in [6.45, 7) is 1.72. The maximum absolute atomic E-state index is 10.5. The lowest BCUT2D eigenvalue weighted by Gasteiger charge is -2.20. The van der Waals surface area contributed by atoms with Gasteiger partial charge in [0.05, 0.1) is 5.02 Å². The highest BCUT2D eigenvalue weighted by Gasteiger charge is 2.23. The van der Waals surface area contributed by atoms with E-state index < -0.39 is 0 Å². The molecule has 0 bridgehead atoms. The lowest BCUT2D eigenvalue weighted by molar-refractivity contribution is 0.109. The zero-order valence-corrected chi connectivity index (χ0v) is 8.10. The van der Waals surface area contributed by atoms with Crippen molar-refractivity contribution >= 4 is 17.9 Å². The third-order valence-corrected chi connectivity index (χ3v) is 2.72. The number of nitrogens with zero attached hydrogens (tertiary/aromatic N) is 1. The van der Waals surface area contributed by atoms with Gasteiger partial charge in [-0.3, -0.25) is 4.79 Å². The molecule has 0 unspecified atom stereocenters. The molecule has 0 saturated heterocycles. The van der Waals surface area contributed by atoms with Crippen molar-refractivity contribution in [3.05, 3.63) is 22.1 Å². The first kappa shape index (κ1) is 8.78. The van der Waals surface area contributed by atoms with Crippen LogP contribution in [-0.2, 0) is 13.0 Å². The highest BCUT2D eigenvalue weighted by molar-refractivity contribution is 6.33. The number of likely N-dealkylation sites (N-methyl/N-ethyl adjacent to an activating group) is 1. The predicted molar refractivity (Wildman–Crippen MR) is 49.1 cm³/mol. The van der Waals surface area contributed by atoms with E-state index in [1.54, 1.807) is 0 Å². The Morgan fingerprint density at radius 2 is 2.38 bits per heavy atom. The topological polar surface area (TPSA) is 33.5 Å². The van der Waals surface area contributed by atoms with Crippen LogP contribution < -0.4 is 0 Å². The van der Waals surface area contributed by atoms with Crippen molar-refractivity contribution in [1.29, 1.82) is 0 Å². The van der Waals surface area contributed by atoms with Crippen molar-refractivity contribution in [2.45, 2.75) is 13.0 Å². The van der Waals surface area contributed by atoms with E-state index in [2.05, 4.69) is 4.90 Å². The van der Waals surface area contributed by atoms with Crippen LogP contribution in [0.3, 0.4) is 0 Å². The number of aldehydes is 1. The minimum atomic E-state index is 0.266. The molecule has 3 nitrogen and oxygen atoms in total. The van der Waals surface area contributed by atoms with E-state index in [-0.39, 0.29) is 5.76 Å². The SMILES string of the molecule is CN1CCc2oc(C=O)c(Cl)c2C1. The minimum absolute atomic E-state index is 0.266. The first-order valence-electron chi connectivity index (χ1n) is 4.16. The second kappa shape index (κ2) is 3.16. The third-order valence-electron chi connectivity index (χ3n) is 2.31. The Balaban J connectivity index is 2.45. The van der Waals surface area contributed by atoms with Gasteiger partial charge < -0.3 is 9.32 Å². The van der Waals surface area contributed by atoms with Crippen molar-refractivity contribution < 1.29 is 9.21 Å². The van der Waals surface area contributed by atoms with Crippen LogP contribution in [0.15, 0.2) is 4.42 Å². The number of carbonyl (C=O) groups excluding carboxylic acids is 1. The summed E-state index contributed by atoms with van der Waals surface area (Å²) in [5.74, 6) is 1.13. The minimum Gasteiger partial charge on any atom is -0.456 e. The monoisotopic (exact) mass is 199 g/mol. The molecule has 0 spiro atoms. The summed E-state index contributed by atoms with van der Waals surface area (Å²) in [5, 5.41) is 0.483. The number of carbonyl (C=O) groups is 1. The molecule has 1 aliphatic heterocycles. The molecular weight excluding hydrogens is 190 g/mol. The number of halogens is 1. The van der Waals surface area contributed by atoms with Crippen LogP contribution in [0.1, 0.15) is 21.9 Å². The highest BCUT2D eigenvalue weighted by Crippen LogP contribution is 2.30. The Bertz CT molecular complexity index is 346. The van der Waals surface area contributed by atoms with Crippen LogP contribution >= 0.6 is 11.6 Å². The van der Waals surface area contributed by atoms with Gasteiger partial charge in [0, 0.05) is 25.1 Å². The second-order valence-electron chi connectivity index (χ2n) is 3.29. The molecule has 0 amide bonds. The fourth-order valence-electron chi connectivity index (χ4n) is 1.59. The average molecular weight is 200 g/mol. The largest absolute Gasteiger partial charge is 0.456 e. The molecule has 0 N–H and O–H groups in total. The number of hydrogen-bond acceptors (Lipinski definition) is 3. The molecule has 1 aromatic rings. The highest BCUT2D eigenvalue weighted by atomic mass is 35.5. The van der Waals surface area contributed by atoms with Gasteiger partial charge in [0.2, 0.25) is 0 Å². The van der Waals surface area contributed by atoms with Crippen molar-refractivity contribution in [3.8, 4) is 0 Å². The zero-order chi connectivity index (χ0) is 9.42. The second-order valence-corrected chi connectivity index (χ2v) is 3.67. The molecule has 2 heterocycles. The summed E-state index contributed by atoms with van der Waals surface area (Å²) in [4.78, 5) is 12.7. The van der Waals surface area contributed by atoms with Crippen LogP contribution in [0.25, 0.3) is 0 Å². The molecule has 70 valence electrons. The summed E-state index contributed by atoms with van der Waals surface area (Å²) >= 11 is 5.96. The Morgan fingerprint density at radius 1 is 1.62 bits per heavy atom. The maximum atomic E-state index is 10.5. The number of hydrogen-bond donors (Lipinski definition) is 0. The van der Waals surface area contributed by atoms with Gasteiger partial charge in [0.1, 0.15) is 5.76 Å². The van der Waals surface area contributed by atoms with Crippen molar-refractivity contribution in [3.63, 3.8) is 0 Å². The number of fused-ring (bicyclic) bond motifs is 1. The van der Waals surface area contributed by atoms with Crippen LogP contribution in [-0.4, -0.2) is 24.8 Å². The van der Waals surface area contributed by atoms with E-state index in [0.717, 1.165) is 30.8 Å². The Hall–Kier alpha value is -0.800. The predicted octanol–water partition coefficient (Wildman–Crippen LogP) is 1.73. The molecule has 0 radical (unpaired) electrons. The van der Waals surface area contributed by atoms with Crippen molar-refractivity contribution in [1.82, 2.24) is 4.90 Å². The molecule has 1 aliphatic rings. The maximum Gasteiger partial charge on any atom is 0.186 e. The normalized spacial score (nSPS) is 17.1. The van der Waals surface area contributed by atoms with Crippen molar-refractivity contribution in [2.75, 3.05) is 13.6 Å². The molecule has 13 heavy (non-hydrogen) atoms. The fourth-order valence-corrected chi connectivity index (χ4v) is 1.84. The van der Waals surface area contributed by atoms with Crippen molar-refractivity contribution in [2.24, 2.45) is 0 Å². The lowest BCUT2D eigenvalue weighted by Crippen LogP contribution is -2.25. The summed E-state index contributed by atoms with van der Waals surface area (Å²) in [7, 11) is 2.02. The number of furan rings is 1. The summed E-state index contributed by atoms with van der Waals surface area (Å²) in [6, 6.07) is 0. The number of rotatable bonds is 1. The standard InChI is InChI=1S/C9H10ClNO2/c1-11-3-2-7-6(4-11)9(10)8(5-12)13-7/h5H,2-4H2,1H3. The first-order chi connectivity index (χ1) is 6.22. The van der Waals surface area contributed by atoms with E-state index in [0.29, 0.717) is 11.3 Å². The van der Waals surface area contributed by atoms with Gasteiger partial charge in [-0.2, -0.15) is 0 Å².